The van der Waals surface area contributed by atoms with Gasteiger partial charge in [-0.25, -0.2) is 4.98 Å². The van der Waals surface area contributed by atoms with Crippen molar-refractivity contribution in [3.63, 3.8) is 0 Å². The van der Waals surface area contributed by atoms with Crippen LogP contribution in [0.3, 0.4) is 0 Å². The lowest BCUT2D eigenvalue weighted by Crippen LogP contribution is -2.56. The Bertz CT molecular complexity index is 803. The van der Waals surface area contributed by atoms with Crippen LogP contribution in [-0.4, -0.2) is 49.2 Å². The maximum Gasteiger partial charge on any atom is 0.254 e. The first kappa shape index (κ1) is 16.6. The van der Waals surface area contributed by atoms with Gasteiger partial charge in [0.05, 0.1) is 27.3 Å². The smallest absolute Gasteiger partial charge is 0.254 e. The van der Waals surface area contributed by atoms with Crippen LogP contribution < -0.4 is 14.2 Å². The van der Waals surface area contributed by atoms with E-state index in [4.69, 9.17) is 19.5 Å². The average Bonchev–Trinajstić information content (AvgIpc) is 2.63. The first-order chi connectivity index (χ1) is 12.1. The molecule has 1 aliphatic rings. The molecule has 2 aromatic rings. The minimum atomic E-state index is -0.182. The van der Waals surface area contributed by atoms with Crippen LogP contribution in [0.15, 0.2) is 36.5 Å². The van der Waals surface area contributed by atoms with Crippen LogP contribution in [0.5, 0.6) is 17.4 Å². The number of carbonyl (C=O) groups is 1. The summed E-state index contributed by atoms with van der Waals surface area (Å²) in [6.45, 7) is 0.861. The van der Waals surface area contributed by atoms with E-state index in [2.05, 4.69) is 4.98 Å². The SMILES string of the molecule is COc1cc(OC)cc(C(=O)N2CC(Oc3ncccc3C#N)C2)c1. The van der Waals surface area contributed by atoms with Crippen molar-refractivity contribution in [3.05, 3.63) is 47.7 Å². The van der Waals surface area contributed by atoms with Crippen molar-refractivity contribution in [1.29, 1.82) is 5.26 Å². The van der Waals surface area contributed by atoms with Gasteiger partial charge in [0.1, 0.15) is 29.2 Å². The summed E-state index contributed by atoms with van der Waals surface area (Å²) in [5.41, 5.74) is 0.870. The molecule has 0 spiro atoms. The van der Waals surface area contributed by atoms with Crippen molar-refractivity contribution < 1.29 is 19.0 Å². The largest absolute Gasteiger partial charge is 0.497 e. The molecule has 0 bridgehead atoms. The zero-order valence-electron chi connectivity index (χ0n) is 13.9. The zero-order chi connectivity index (χ0) is 17.8. The minimum Gasteiger partial charge on any atom is -0.497 e. The molecule has 1 aliphatic heterocycles. The molecule has 7 heteroatoms. The standard InChI is InChI=1S/C18H17N3O4/c1-23-14-6-13(7-15(8-14)24-2)18(22)21-10-16(11-21)25-17-12(9-19)4-3-5-20-17/h3-8,16H,10-11H2,1-2H3. The molecule has 0 saturated carbocycles. The van der Waals surface area contributed by atoms with Gasteiger partial charge in [-0.15, -0.1) is 0 Å². The number of amides is 1. The molecule has 0 radical (unpaired) electrons. The van der Waals surface area contributed by atoms with E-state index >= 15 is 0 Å². The number of rotatable bonds is 5. The summed E-state index contributed by atoms with van der Waals surface area (Å²) in [7, 11) is 3.08. The number of hydrogen-bond donors (Lipinski definition) is 0. The fourth-order valence-electron chi connectivity index (χ4n) is 2.52. The highest BCUT2D eigenvalue weighted by Crippen LogP contribution is 2.26. The Labute approximate surface area is 145 Å². The van der Waals surface area contributed by atoms with Crippen molar-refractivity contribution in [2.75, 3.05) is 27.3 Å². The van der Waals surface area contributed by atoms with Crippen LogP contribution in [0.4, 0.5) is 0 Å². The van der Waals surface area contributed by atoms with Gasteiger partial charge in [0, 0.05) is 17.8 Å². The van der Waals surface area contributed by atoms with E-state index in [1.165, 1.54) is 14.2 Å². The van der Waals surface area contributed by atoms with E-state index in [-0.39, 0.29) is 12.0 Å². The molecular formula is C18H17N3O4. The van der Waals surface area contributed by atoms with E-state index in [1.54, 1.807) is 41.4 Å². The Morgan fingerprint density at radius 2 is 1.92 bits per heavy atom. The predicted octanol–water partition coefficient (Wildman–Crippen LogP) is 1.87. The monoisotopic (exact) mass is 339 g/mol. The van der Waals surface area contributed by atoms with Gasteiger partial charge >= 0.3 is 0 Å². The van der Waals surface area contributed by atoms with Crippen LogP contribution in [0.25, 0.3) is 0 Å². The van der Waals surface area contributed by atoms with Gasteiger partial charge in [-0.1, -0.05) is 0 Å². The lowest BCUT2D eigenvalue weighted by atomic mass is 10.1. The molecule has 1 aromatic heterocycles. The molecular weight excluding hydrogens is 322 g/mol. The van der Waals surface area contributed by atoms with E-state index in [9.17, 15) is 4.79 Å². The number of ether oxygens (including phenoxy) is 3. The van der Waals surface area contributed by atoms with Crippen LogP contribution in [0, 0.1) is 11.3 Å². The van der Waals surface area contributed by atoms with Crippen molar-refractivity contribution in [2.45, 2.75) is 6.10 Å². The number of nitriles is 1. The molecule has 0 atom stereocenters. The normalized spacial score (nSPS) is 13.6. The second-order valence-electron chi connectivity index (χ2n) is 5.52. The molecule has 0 aliphatic carbocycles. The quantitative estimate of drug-likeness (QED) is 0.827. The Kier molecular flexibility index (Phi) is 4.70. The number of likely N-dealkylation sites (tertiary alicyclic amines) is 1. The summed E-state index contributed by atoms with van der Waals surface area (Å²) in [6.07, 6.45) is 1.39. The van der Waals surface area contributed by atoms with E-state index in [0.717, 1.165) is 0 Å². The topological polar surface area (TPSA) is 84.7 Å². The van der Waals surface area contributed by atoms with E-state index in [1.807, 2.05) is 6.07 Å². The number of benzene rings is 1. The number of nitrogens with zero attached hydrogens (tertiary/aromatic N) is 3. The molecule has 3 rings (SSSR count). The second-order valence-corrected chi connectivity index (χ2v) is 5.52. The number of carbonyl (C=O) groups excluding carboxylic acids is 1. The third kappa shape index (κ3) is 3.48. The molecule has 0 N–H and O–H groups in total. The Hall–Kier alpha value is -3.27. The van der Waals surface area contributed by atoms with Gasteiger partial charge < -0.3 is 19.1 Å². The molecule has 1 aromatic carbocycles. The molecule has 0 unspecified atom stereocenters. The van der Waals surface area contributed by atoms with Crippen LogP contribution in [0.1, 0.15) is 15.9 Å². The summed E-state index contributed by atoms with van der Waals surface area (Å²) >= 11 is 0. The van der Waals surface area contributed by atoms with Crippen molar-refractivity contribution >= 4 is 5.91 Å². The van der Waals surface area contributed by atoms with Crippen LogP contribution in [-0.2, 0) is 0 Å². The van der Waals surface area contributed by atoms with Gasteiger partial charge in [0.25, 0.3) is 5.91 Å². The highest BCUT2D eigenvalue weighted by Gasteiger charge is 2.33. The number of methoxy groups -OCH3 is 2. The molecule has 25 heavy (non-hydrogen) atoms. The van der Waals surface area contributed by atoms with Gasteiger partial charge in [0.2, 0.25) is 5.88 Å². The van der Waals surface area contributed by atoms with Gasteiger partial charge in [-0.05, 0) is 24.3 Å². The fourth-order valence-corrected chi connectivity index (χ4v) is 2.52. The summed E-state index contributed by atoms with van der Waals surface area (Å²) < 4.78 is 16.1. The number of pyridine rings is 1. The fraction of sp³-hybridized carbons (Fsp3) is 0.278. The van der Waals surface area contributed by atoms with Crippen molar-refractivity contribution in [2.24, 2.45) is 0 Å². The molecule has 7 nitrogen and oxygen atoms in total. The van der Waals surface area contributed by atoms with E-state index in [0.29, 0.717) is 41.6 Å². The molecule has 128 valence electrons. The molecule has 1 amide bonds. The summed E-state index contributed by atoms with van der Waals surface area (Å²) in [5, 5.41) is 9.05. The van der Waals surface area contributed by atoms with Gasteiger partial charge in [-0.2, -0.15) is 5.26 Å². The predicted molar refractivity (Wildman–Crippen MR) is 88.8 cm³/mol. The summed E-state index contributed by atoms with van der Waals surface area (Å²) in [4.78, 5) is 18.3. The van der Waals surface area contributed by atoms with Gasteiger partial charge in [0.15, 0.2) is 0 Å². The van der Waals surface area contributed by atoms with Crippen molar-refractivity contribution in [1.82, 2.24) is 9.88 Å². The highest BCUT2D eigenvalue weighted by atomic mass is 16.5. The highest BCUT2D eigenvalue weighted by molar-refractivity contribution is 5.95. The number of hydrogen-bond acceptors (Lipinski definition) is 6. The lowest BCUT2D eigenvalue weighted by molar-refractivity contribution is 0.0158. The molecule has 1 fully saturated rings. The first-order valence-corrected chi connectivity index (χ1v) is 7.68. The van der Waals surface area contributed by atoms with Crippen molar-refractivity contribution in [3.8, 4) is 23.4 Å². The van der Waals surface area contributed by atoms with E-state index < -0.39 is 0 Å². The zero-order valence-corrected chi connectivity index (χ0v) is 13.9. The Morgan fingerprint density at radius 3 is 2.52 bits per heavy atom. The maximum absolute atomic E-state index is 12.6. The summed E-state index contributed by atoms with van der Waals surface area (Å²) in [5.74, 6) is 1.29. The molecule has 2 heterocycles. The summed E-state index contributed by atoms with van der Waals surface area (Å²) in [6, 6.07) is 10.4. The Morgan fingerprint density at radius 1 is 1.24 bits per heavy atom. The van der Waals surface area contributed by atoms with Gasteiger partial charge in [-0.3, -0.25) is 4.79 Å². The average molecular weight is 339 g/mol. The number of aromatic nitrogens is 1. The molecule has 1 saturated heterocycles. The minimum absolute atomic E-state index is 0.126. The van der Waals surface area contributed by atoms with Crippen LogP contribution >= 0.6 is 0 Å². The second kappa shape index (κ2) is 7.09. The third-order valence-corrected chi connectivity index (χ3v) is 3.90. The van der Waals surface area contributed by atoms with Crippen LogP contribution in [0.2, 0.25) is 0 Å². The Balaban J connectivity index is 1.65. The third-order valence-electron chi connectivity index (χ3n) is 3.90. The lowest BCUT2D eigenvalue weighted by Gasteiger charge is -2.38. The first-order valence-electron chi connectivity index (χ1n) is 7.68. The maximum atomic E-state index is 12.6.